The molecule has 0 spiro atoms. The second-order valence-corrected chi connectivity index (χ2v) is 10.6. The largest absolute Gasteiger partial charge is 0.508 e. The van der Waals surface area contributed by atoms with E-state index in [1.807, 2.05) is 0 Å². The molecule has 3 aliphatic rings. The van der Waals surface area contributed by atoms with Gasteiger partial charge >= 0.3 is 0 Å². The molecule has 3 aliphatic heterocycles. The molecule has 0 bridgehead atoms. The molecule has 5 rings (SSSR count). The summed E-state index contributed by atoms with van der Waals surface area (Å²) in [4.78, 5) is 12.8. The lowest BCUT2D eigenvalue weighted by molar-refractivity contribution is -0.325. The summed E-state index contributed by atoms with van der Waals surface area (Å²) in [6.45, 7) is 0.0867. The smallest absolute Gasteiger partial charge is 0.228 e. The van der Waals surface area contributed by atoms with Crippen molar-refractivity contribution in [3.63, 3.8) is 0 Å². The third-order valence-electron chi connectivity index (χ3n) is 7.54. The summed E-state index contributed by atoms with van der Waals surface area (Å²) < 4.78 is 27.5. The number of hydrogen-bond donors (Lipinski definition) is 9. The van der Waals surface area contributed by atoms with E-state index in [0.717, 1.165) is 6.07 Å². The predicted molar refractivity (Wildman–Crippen MR) is 136 cm³/mol. The van der Waals surface area contributed by atoms with Gasteiger partial charge in [-0.25, -0.2) is 0 Å². The van der Waals surface area contributed by atoms with Gasteiger partial charge in [-0.05, 0) is 25.1 Å². The molecule has 10 unspecified atom stereocenters. The number of carbonyl (C=O) groups is 1. The van der Waals surface area contributed by atoms with Gasteiger partial charge in [0.05, 0.1) is 25.7 Å². The Kier molecular flexibility index (Phi) is 8.23. The molecule has 42 heavy (non-hydrogen) atoms. The summed E-state index contributed by atoms with van der Waals surface area (Å²) in [5.74, 6) is -1.65. The van der Waals surface area contributed by atoms with Crippen molar-refractivity contribution < 1.29 is 74.4 Å². The number of ketones is 1. The lowest BCUT2D eigenvalue weighted by atomic mass is 9.91. The number of ether oxygens (including phenoxy) is 5. The van der Waals surface area contributed by atoms with E-state index in [4.69, 9.17) is 23.7 Å². The average Bonchev–Trinajstić information content (AvgIpc) is 2.94. The SMILES string of the molecule is CC1OC(OCC2(O)COC(Oc3cc(O)c4c(c3)OC(c3cc(O)ccc3O)CC4=O)C(O)C2O)C(O)C(O)C1O. The van der Waals surface area contributed by atoms with Gasteiger partial charge in [0, 0.05) is 17.7 Å². The third kappa shape index (κ3) is 5.58. The van der Waals surface area contributed by atoms with Crippen molar-refractivity contribution >= 4 is 5.78 Å². The van der Waals surface area contributed by atoms with Crippen LogP contribution in [0.4, 0.5) is 0 Å². The first-order chi connectivity index (χ1) is 19.8. The van der Waals surface area contributed by atoms with Crippen LogP contribution in [-0.2, 0) is 14.2 Å². The van der Waals surface area contributed by atoms with Crippen molar-refractivity contribution in [3.05, 3.63) is 41.5 Å². The highest BCUT2D eigenvalue weighted by Crippen LogP contribution is 2.44. The molecule has 230 valence electrons. The Morgan fingerprint density at radius 2 is 1.67 bits per heavy atom. The van der Waals surface area contributed by atoms with E-state index in [9.17, 15) is 50.8 Å². The van der Waals surface area contributed by atoms with Crippen LogP contribution in [0.1, 0.15) is 35.4 Å². The van der Waals surface area contributed by atoms with Gasteiger partial charge in [-0.3, -0.25) is 4.79 Å². The van der Waals surface area contributed by atoms with Crippen molar-refractivity contribution in [1.82, 2.24) is 0 Å². The molecule has 10 atom stereocenters. The Bertz CT molecular complexity index is 1320. The first-order valence-corrected chi connectivity index (χ1v) is 13.1. The number of benzene rings is 2. The molecule has 2 saturated heterocycles. The van der Waals surface area contributed by atoms with Crippen LogP contribution in [0.5, 0.6) is 28.7 Å². The Morgan fingerprint density at radius 1 is 0.929 bits per heavy atom. The maximum absolute atomic E-state index is 12.8. The van der Waals surface area contributed by atoms with Crippen LogP contribution < -0.4 is 9.47 Å². The number of aromatic hydroxyl groups is 3. The first kappa shape index (κ1) is 30.2. The van der Waals surface area contributed by atoms with Gasteiger partial charge in [-0.2, -0.15) is 0 Å². The quantitative estimate of drug-likeness (QED) is 0.173. The van der Waals surface area contributed by atoms with E-state index >= 15 is 0 Å². The van der Waals surface area contributed by atoms with Crippen LogP contribution >= 0.6 is 0 Å². The fourth-order valence-corrected chi connectivity index (χ4v) is 5.08. The number of phenols is 3. The molecule has 15 heteroatoms. The Labute approximate surface area is 238 Å². The number of hydrogen-bond acceptors (Lipinski definition) is 15. The molecule has 9 N–H and O–H groups in total. The summed E-state index contributed by atoms with van der Waals surface area (Å²) in [6.07, 6.45) is -13.6. The van der Waals surface area contributed by atoms with E-state index < -0.39 is 85.7 Å². The molecule has 15 nitrogen and oxygen atoms in total. The highest BCUT2D eigenvalue weighted by atomic mass is 16.7. The molecule has 0 saturated carbocycles. The number of fused-ring (bicyclic) bond motifs is 1. The van der Waals surface area contributed by atoms with Crippen LogP contribution in [0.25, 0.3) is 0 Å². The molecular weight excluding hydrogens is 564 g/mol. The summed E-state index contributed by atoms with van der Waals surface area (Å²) in [7, 11) is 0. The summed E-state index contributed by atoms with van der Waals surface area (Å²) in [5, 5.41) is 92.6. The lowest BCUT2D eigenvalue weighted by Gasteiger charge is -2.44. The van der Waals surface area contributed by atoms with Gasteiger partial charge in [-0.1, -0.05) is 0 Å². The zero-order chi connectivity index (χ0) is 30.5. The third-order valence-corrected chi connectivity index (χ3v) is 7.54. The fraction of sp³-hybridized carbons (Fsp3) is 0.519. The van der Waals surface area contributed by atoms with Crippen molar-refractivity contribution in [2.24, 2.45) is 0 Å². The second kappa shape index (κ2) is 11.4. The molecule has 0 radical (unpaired) electrons. The van der Waals surface area contributed by atoms with E-state index in [-0.39, 0.29) is 40.5 Å². The van der Waals surface area contributed by atoms with Crippen LogP contribution in [0.3, 0.4) is 0 Å². The number of rotatable bonds is 6. The number of Topliss-reactive ketones (excluding diaryl/α,β-unsaturated/α-hetero) is 1. The minimum absolute atomic E-state index is 0.114. The molecule has 2 fully saturated rings. The number of carbonyl (C=O) groups excluding carboxylic acids is 1. The van der Waals surface area contributed by atoms with Gasteiger partial charge in [0.25, 0.3) is 0 Å². The lowest BCUT2D eigenvalue weighted by Crippen LogP contribution is -2.65. The Hall–Kier alpha value is -3.25. The monoisotopic (exact) mass is 596 g/mol. The maximum Gasteiger partial charge on any atom is 0.228 e. The predicted octanol–water partition coefficient (Wildman–Crippen LogP) is -1.46. The van der Waals surface area contributed by atoms with E-state index in [0.29, 0.717) is 0 Å². The summed E-state index contributed by atoms with van der Waals surface area (Å²) in [5.41, 5.74) is -2.22. The molecule has 2 aromatic carbocycles. The van der Waals surface area contributed by atoms with Gasteiger partial charge in [-0.15, -0.1) is 0 Å². The topological polar surface area (TPSA) is 245 Å². The van der Waals surface area contributed by atoms with Gasteiger partial charge in [0.15, 0.2) is 12.1 Å². The van der Waals surface area contributed by atoms with Crippen LogP contribution in [-0.4, -0.2) is 120 Å². The summed E-state index contributed by atoms with van der Waals surface area (Å²) >= 11 is 0. The fourth-order valence-electron chi connectivity index (χ4n) is 5.08. The van der Waals surface area contributed by atoms with Crippen LogP contribution in [0.2, 0.25) is 0 Å². The molecule has 3 heterocycles. The first-order valence-electron chi connectivity index (χ1n) is 13.1. The van der Waals surface area contributed by atoms with E-state index in [1.54, 1.807) is 0 Å². The van der Waals surface area contributed by atoms with Crippen molar-refractivity contribution in [2.45, 2.75) is 74.3 Å². The van der Waals surface area contributed by atoms with Crippen molar-refractivity contribution in [3.8, 4) is 28.7 Å². The minimum atomic E-state index is -2.21. The van der Waals surface area contributed by atoms with Gasteiger partial charge < -0.3 is 69.6 Å². The molecular formula is C27H32O15. The van der Waals surface area contributed by atoms with Crippen molar-refractivity contribution in [2.75, 3.05) is 13.2 Å². The zero-order valence-corrected chi connectivity index (χ0v) is 22.2. The van der Waals surface area contributed by atoms with Gasteiger partial charge in [0.1, 0.15) is 76.5 Å². The van der Waals surface area contributed by atoms with E-state index in [1.165, 1.54) is 31.2 Å². The molecule has 2 aromatic rings. The maximum atomic E-state index is 12.8. The minimum Gasteiger partial charge on any atom is -0.508 e. The number of phenolic OH excluding ortho intramolecular Hbond substituents is 3. The van der Waals surface area contributed by atoms with Gasteiger partial charge in [0.2, 0.25) is 6.29 Å². The summed E-state index contributed by atoms with van der Waals surface area (Å²) in [6, 6.07) is 6.04. The average molecular weight is 597 g/mol. The Balaban J connectivity index is 1.27. The molecule has 0 aromatic heterocycles. The number of aliphatic hydroxyl groups excluding tert-OH is 5. The van der Waals surface area contributed by atoms with Crippen molar-refractivity contribution in [1.29, 1.82) is 0 Å². The normalized spacial score (nSPS) is 36.6. The molecule has 0 aliphatic carbocycles. The standard InChI is InChI=1S/C27H32O15/c1-10-20(32)21(33)22(34)25(40-10)38-8-27(37)9-39-26(23(35)24(27)36)41-12-5-15(30)19-16(31)7-17(42-18(19)6-12)13-4-11(28)2-3-14(13)29/h2-6,10,17,20-26,28-30,32-37H,7-9H2,1H3. The molecule has 0 amide bonds. The zero-order valence-electron chi connectivity index (χ0n) is 22.2. The van der Waals surface area contributed by atoms with Crippen LogP contribution in [0, 0.1) is 0 Å². The highest BCUT2D eigenvalue weighted by Gasteiger charge is 2.51. The van der Waals surface area contributed by atoms with Crippen LogP contribution in [0.15, 0.2) is 30.3 Å². The number of aliphatic hydroxyl groups is 6. The van der Waals surface area contributed by atoms with E-state index in [2.05, 4.69) is 0 Å². The Morgan fingerprint density at radius 3 is 2.40 bits per heavy atom. The highest BCUT2D eigenvalue weighted by molar-refractivity contribution is 6.02. The second-order valence-electron chi connectivity index (χ2n) is 10.6.